The normalized spacial score (nSPS) is 12.9. The second kappa shape index (κ2) is 14.4. The van der Waals surface area contributed by atoms with Gasteiger partial charge in [-0.25, -0.2) is 0 Å². The van der Waals surface area contributed by atoms with Crippen LogP contribution in [0.4, 0.5) is 0 Å². The Morgan fingerprint density at radius 1 is 0.969 bits per heavy atom. The van der Waals surface area contributed by atoms with E-state index in [0.29, 0.717) is 0 Å². The van der Waals surface area contributed by atoms with Crippen LogP contribution in [0.15, 0.2) is 0 Å². The van der Waals surface area contributed by atoms with E-state index in [1.54, 1.807) is 13.8 Å². The number of nitrogens with one attached hydrogen (secondary N) is 3. The van der Waals surface area contributed by atoms with Gasteiger partial charge in [0.25, 0.3) is 0 Å². The number of hydrogen-bond donors (Lipinski definition) is 6. The van der Waals surface area contributed by atoms with Gasteiger partial charge >= 0.3 is 5.97 Å². The molecule has 2 atom stereocenters. The topological polar surface area (TPSA) is 185 Å². The molecular formula is C20H34N4O7S. The molecule has 182 valence electrons. The second-order valence-electron chi connectivity index (χ2n) is 8.24. The molecule has 0 spiro atoms. The summed E-state index contributed by atoms with van der Waals surface area (Å²) in [4.78, 5) is 70.1. The minimum absolute atomic E-state index is 0.0828. The highest BCUT2D eigenvalue weighted by Crippen LogP contribution is 2.16. The van der Waals surface area contributed by atoms with E-state index >= 15 is 0 Å². The van der Waals surface area contributed by atoms with E-state index in [9.17, 15) is 28.8 Å². The Bertz CT molecular complexity index is 707. The number of nitrogens with two attached hydrogens (primary N) is 1. The van der Waals surface area contributed by atoms with E-state index in [-0.39, 0.29) is 51.1 Å². The molecule has 32 heavy (non-hydrogen) atoms. The number of hydrogen-bond acceptors (Lipinski definition) is 7. The van der Waals surface area contributed by atoms with Gasteiger partial charge in [0.2, 0.25) is 23.6 Å². The van der Waals surface area contributed by atoms with Gasteiger partial charge in [-0.2, -0.15) is 12.6 Å². The number of aliphatic carboxylic acids is 1. The van der Waals surface area contributed by atoms with Crippen molar-refractivity contribution in [2.24, 2.45) is 11.7 Å². The Morgan fingerprint density at radius 2 is 1.56 bits per heavy atom. The van der Waals surface area contributed by atoms with Gasteiger partial charge in [0, 0.05) is 49.4 Å². The number of rotatable bonds is 16. The summed E-state index contributed by atoms with van der Waals surface area (Å²) in [6, 6.07) is -1.19. The number of primary amides is 1. The number of carbonyl (C=O) groups excluding carboxylic acids is 5. The van der Waals surface area contributed by atoms with Crippen molar-refractivity contribution in [3.05, 3.63) is 0 Å². The highest BCUT2D eigenvalue weighted by atomic mass is 32.1. The van der Waals surface area contributed by atoms with Crippen LogP contribution in [0.2, 0.25) is 0 Å². The minimum Gasteiger partial charge on any atom is -0.481 e. The van der Waals surface area contributed by atoms with Gasteiger partial charge in [0.15, 0.2) is 5.78 Å². The number of carboxylic acid groups (broad SMARTS) is 1. The lowest BCUT2D eigenvalue weighted by Gasteiger charge is -2.19. The van der Waals surface area contributed by atoms with E-state index < -0.39 is 52.6 Å². The Labute approximate surface area is 193 Å². The number of amides is 4. The largest absolute Gasteiger partial charge is 0.481 e. The quantitative estimate of drug-likeness (QED) is 0.129. The van der Waals surface area contributed by atoms with Crippen LogP contribution in [0, 0.1) is 5.92 Å². The zero-order chi connectivity index (χ0) is 24.9. The molecule has 0 aliphatic heterocycles. The fourth-order valence-corrected chi connectivity index (χ4v) is 2.81. The first-order valence-electron chi connectivity index (χ1n) is 10.3. The number of ketones is 1. The third-order valence-corrected chi connectivity index (χ3v) is 4.38. The summed E-state index contributed by atoms with van der Waals surface area (Å²) < 4.78 is -0.449. The van der Waals surface area contributed by atoms with E-state index in [1.165, 1.54) is 6.92 Å². The smallest absolute Gasteiger partial charge is 0.303 e. The molecule has 0 unspecified atom stereocenters. The van der Waals surface area contributed by atoms with Crippen LogP contribution in [0.5, 0.6) is 0 Å². The van der Waals surface area contributed by atoms with Crippen LogP contribution in [0.3, 0.4) is 0 Å². The molecule has 0 bridgehead atoms. The van der Waals surface area contributed by atoms with Gasteiger partial charge in [0.05, 0.1) is 12.5 Å². The third-order valence-electron chi connectivity index (χ3n) is 4.22. The van der Waals surface area contributed by atoms with Crippen LogP contribution < -0.4 is 21.7 Å². The SMILES string of the molecule is C[C@H](CC(=O)[C@H](CC(N)=O)NC(=O)CCCC(=O)O)C(=O)NCCNC(=O)CC(C)(C)S. The van der Waals surface area contributed by atoms with Gasteiger partial charge in [-0.3, -0.25) is 28.8 Å². The lowest BCUT2D eigenvalue weighted by atomic mass is 9.97. The lowest BCUT2D eigenvalue weighted by Crippen LogP contribution is -2.45. The van der Waals surface area contributed by atoms with Crippen molar-refractivity contribution in [3.63, 3.8) is 0 Å². The van der Waals surface area contributed by atoms with Crippen molar-refractivity contribution in [1.29, 1.82) is 0 Å². The maximum Gasteiger partial charge on any atom is 0.303 e. The monoisotopic (exact) mass is 474 g/mol. The van der Waals surface area contributed by atoms with Crippen LogP contribution >= 0.6 is 12.6 Å². The van der Waals surface area contributed by atoms with Gasteiger partial charge < -0.3 is 26.8 Å². The average Bonchev–Trinajstić information content (AvgIpc) is 2.62. The zero-order valence-electron chi connectivity index (χ0n) is 18.7. The fourth-order valence-electron chi connectivity index (χ4n) is 2.67. The van der Waals surface area contributed by atoms with Gasteiger partial charge in [-0.15, -0.1) is 0 Å². The van der Waals surface area contributed by atoms with Crippen LogP contribution in [0.25, 0.3) is 0 Å². The summed E-state index contributed by atoms with van der Waals surface area (Å²) in [5, 5.41) is 16.2. The van der Waals surface area contributed by atoms with Crippen molar-refractivity contribution in [1.82, 2.24) is 16.0 Å². The predicted octanol–water partition coefficient (Wildman–Crippen LogP) is -0.472. The van der Waals surface area contributed by atoms with Crippen molar-refractivity contribution in [2.45, 2.75) is 70.1 Å². The molecule has 0 fully saturated rings. The first-order valence-corrected chi connectivity index (χ1v) is 10.7. The molecule has 4 amide bonds. The highest BCUT2D eigenvalue weighted by molar-refractivity contribution is 7.81. The van der Waals surface area contributed by atoms with Crippen molar-refractivity contribution in [3.8, 4) is 0 Å². The van der Waals surface area contributed by atoms with Crippen LogP contribution in [-0.2, 0) is 28.8 Å². The molecule has 0 aromatic carbocycles. The van der Waals surface area contributed by atoms with Gasteiger partial charge in [-0.05, 0) is 6.42 Å². The molecule has 6 N–H and O–H groups in total. The molecule has 0 saturated carbocycles. The first kappa shape index (κ1) is 29.4. The molecule has 0 aromatic heterocycles. The Balaban J connectivity index is 4.55. The van der Waals surface area contributed by atoms with E-state index in [4.69, 9.17) is 10.8 Å². The van der Waals surface area contributed by atoms with Crippen LogP contribution in [-0.4, -0.2) is 64.4 Å². The number of thiol groups is 1. The first-order chi connectivity index (χ1) is 14.7. The van der Waals surface area contributed by atoms with E-state index in [1.807, 2.05) is 0 Å². The highest BCUT2D eigenvalue weighted by Gasteiger charge is 2.26. The molecule has 0 rings (SSSR count). The maximum atomic E-state index is 12.5. The van der Waals surface area contributed by atoms with Gasteiger partial charge in [-0.1, -0.05) is 20.8 Å². The molecule has 12 heteroatoms. The molecular weight excluding hydrogens is 440 g/mol. The molecule has 0 aliphatic rings. The summed E-state index contributed by atoms with van der Waals surface area (Å²) in [6.45, 7) is 5.51. The Kier molecular flexibility index (Phi) is 13.2. The second-order valence-corrected chi connectivity index (χ2v) is 9.45. The van der Waals surface area contributed by atoms with Gasteiger partial charge in [0.1, 0.15) is 0 Å². The third kappa shape index (κ3) is 15.2. The maximum absolute atomic E-state index is 12.5. The lowest BCUT2D eigenvalue weighted by molar-refractivity contribution is -0.137. The molecule has 0 heterocycles. The van der Waals surface area contributed by atoms with Crippen molar-refractivity contribution in [2.75, 3.05) is 13.1 Å². The number of carboxylic acids is 1. The summed E-state index contributed by atoms with van der Waals surface area (Å²) in [7, 11) is 0. The molecule has 0 aliphatic carbocycles. The fraction of sp³-hybridized carbons (Fsp3) is 0.700. The summed E-state index contributed by atoms with van der Waals surface area (Å²) >= 11 is 4.27. The molecule has 11 nitrogen and oxygen atoms in total. The average molecular weight is 475 g/mol. The van der Waals surface area contributed by atoms with Crippen molar-refractivity contribution >= 4 is 48.0 Å². The number of carbonyl (C=O) groups is 6. The number of Topliss-reactive ketones (excluding diaryl/α,β-unsaturated/α-hetero) is 1. The summed E-state index contributed by atoms with van der Waals surface area (Å²) in [5.74, 6) is -4.33. The summed E-state index contributed by atoms with van der Waals surface area (Å²) in [5.41, 5.74) is 5.14. The Hall–Kier alpha value is -2.63. The standard InChI is InChI=1S/C20H34N4O7S/c1-12(19(31)23-8-7-22-17(28)11-20(2,3)32)9-14(25)13(10-15(21)26)24-16(27)5-4-6-18(29)30/h12-13,32H,4-11H2,1-3H3,(H2,21,26)(H,22,28)(H,23,31)(H,24,27)(H,29,30)/t12-,13+/m1/s1. The van der Waals surface area contributed by atoms with Crippen LogP contribution in [0.1, 0.15) is 59.3 Å². The van der Waals surface area contributed by atoms with E-state index in [2.05, 4.69) is 28.6 Å². The molecule has 0 radical (unpaired) electrons. The molecule has 0 aromatic rings. The zero-order valence-corrected chi connectivity index (χ0v) is 19.6. The van der Waals surface area contributed by atoms with Crippen molar-refractivity contribution < 1.29 is 33.9 Å². The summed E-state index contributed by atoms with van der Waals surface area (Å²) in [6.07, 6.45) is -0.685. The molecule has 0 saturated heterocycles. The minimum atomic E-state index is -1.19. The van der Waals surface area contributed by atoms with E-state index in [0.717, 1.165) is 0 Å². The Morgan fingerprint density at radius 3 is 2.09 bits per heavy atom. The predicted molar refractivity (Wildman–Crippen MR) is 120 cm³/mol.